The van der Waals surface area contributed by atoms with E-state index in [9.17, 15) is 4.79 Å². The van der Waals surface area contributed by atoms with Crippen LogP contribution in [-0.4, -0.2) is 47.2 Å². The summed E-state index contributed by atoms with van der Waals surface area (Å²) >= 11 is 0. The van der Waals surface area contributed by atoms with Crippen molar-refractivity contribution in [2.24, 2.45) is 0 Å². The molecular weight excluding hydrogens is 360 g/mol. The molecule has 1 aliphatic rings. The standard InChI is InChI=1S/C24H26N4O/c1-17-8-9-20(16-19(17)3)24(29)28-14-12-27(13-15-28)23-11-10-22(25-26-23)21-7-5-4-6-18(21)2/h4-11,16H,12-15H2,1-3H3. The summed E-state index contributed by atoms with van der Waals surface area (Å²) in [4.78, 5) is 16.9. The van der Waals surface area contributed by atoms with Crippen LogP contribution < -0.4 is 4.90 Å². The quantitative estimate of drug-likeness (QED) is 0.682. The molecule has 5 nitrogen and oxygen atoms in total. The van der Waals surface area contributed by atoms with Crippen molar-refractivity contribution in [3.63, 3.8) is 0 Å². The third kappa shape index (κ3) is 3.99. The van der Waals surface area contributed by atoms with Crippen molar-refractivity contribution in [2.75, 3.05) is 31.1 Å². The van der Waals surface area contributed by atoms with Gasteiger partial charge in [0.25, 0.3) is 5.91 Å². The van der Waals surface area contributed by atoms with E-state index < -0.39 is 0 Å². The lowest BCUT2D eigenvalue weighted by atomic mass is 10.1. The third-order valence-corrected chi connectivity index (χ3v) is 5.72. The van der Waals surface area contributed by atoms with E-state index in [0.717, 1.165) is 41.3 Å². The zero-order valence-corrected chi connectivity index (χ0v) is 17.2. The molecule has 1 aromatic heterocycles. The lowest BCUT2D eigenvalue weighted by molar-refractivity contribution is 0.0746. The first-order valence-electron chi connectivity index (χ1n) is 10.0. The molecular formula is C24H26N4O. The molecule has 5 heteroatoms. The molecule has 1 fully saturated rings. The number of aromatic nitrogens is 2. The van der Waals surface area contributed by atoms with Gasteiger partial charge in [-0.2, -0.15) is 0 Å². The fraction of sp³-hybridized carbons (Fsp3) is 0.292. The Bertz CT molecular complexity index is 1020. The molecule has 1 aliphatic heterocycles. The van der Waals surface area contributed by atoms with E-state index in [-0.39, 0.29) is 5.91 Å². The van der Waals surface area contributed by atoms with Crippen LogP contribution in [0.15, 0.2) is 54.6 Å². The second-order valence-corrected chi connectivity index (χ2v) is 7.67. The van der Waals surface area contributed by atoms with Gasteiger partial charge in [-0.05, 0) is 61.7 Å². The number of hydrogen-bond donors (Lipinski definition) is 0. The van der Waals surface area contributed by atoms with Gasteiger partial charge >= 0.3 is 0 Å². The van der Waals surface area contributed by atoms with Crippen LogP contribution in [-0.2, 0) is 0 Å². The maximum absolute atomic E-state index is 12.8. The first kappa shape index (κ1) is 19.1. The number of benzene rings is 2. The molecule has 148 valence electrons. The van der Waals surface area contributed by atoms with Crippen LogP contribution in [0.3, 0.4) is 0 Å². The zero-order valence-electron chi connectivity index (χ0n) is 17.2. The van der Waals surface area contributed by atoms with Gasteiger partial charge in [-0.25, -0.2) is 0 Å². The summed E-state index contributed by atoms with van der Waals surface area (Å²) in [7, 11) is 0. The fourth-order valence-electron chi connectivity index (χ4n) is 3.69. The van der Waals surface area contributed by atoms with Gasteiger partial charge in [-0.1, -0.05) is 30.3 Å². The van der Waals surface area contributed by atoms with Crippen molar-refractivity contribution in [3.05, 3.63) is 76.9 Å². The second kappa shape index (κ2) is 8.03. The van der Waals surface area contributed by atoms with Crippen LogP contribution in [0.1, 0.15) is 27.0 Å². The van der Waals surface area contributed by atoms with Gasteiger partial charge < -0.3 is 9.80 Å². The monoisotopic (exact) mass is 386 g/mol. The minimum Gasteiger partial charge on any atom is -0.352 e. The average molecular weight is 386 g/mol. The molecule has 29 heavy (non-hydrogen) atoms. The van der Waals surface area contributed by atoms with E-state index in [0.29, 0.717) is 13.1 Å². The number of rotatable bonds is 3. The molecule has 3 aromatic rings. The summed E-state index contributed by atoms with van der Waals surface area (Å²) in [5.41, 5.74) is 6.31. The first-order valence-corrected chi connectivity index (χ1v) is 10.0. The topological polar surface area (TPSA) is 49.3 Å². The Kier molecular flexibility index (Phi) is 5.30. The van der Waals surface area contributed by atoms with Gasteiger partial charge in [0.05, 0.1) is 5.69 Å². The Hall–Kier alpha value is -3.21. The van der Waals surface area contributed by atoms with Gasteiger partial charge in [0.15, 0.2) is 5.82 Å². The number of amides is 1. The maximum atomic E-state index is 12.8. The maximum Gasteiger partial charge on any atom is 0.253 e. The summed E-state index contributed by atoms with van der Waals surface area (Å²) in [6.45, 7) is 9.08. The third-order valence-electron chi connectivity index (χ3n) is 5.72. The number of carbonyl (C=O) groups excluding carboxylic acids is 1. The van der Waals surface area contributed by atoms with Gasteiger partial charge in [0, 0.05) is 37.3 Å². The Balaban J connectivity index is 1.41. The molecule has 2 heterocycles. The molecule has 0 N–H and O–H groups in total. The molecule has 0 spiro atoms. The van der Waals surface area contributed by atoms with Gasteiger partial charge in [0.1, 0.15) is 0 Å². The van der Waals surface area contributed by atoms with Crippen LogP contribution in [0.2, 0.25) is 0 Å². The molecule has 0 bridgehead atoms. The van der Waals surface area contributed by atoms with Crippen molar-refractivity contribution in [3.8, 4) is 11.3 Å². The summed E-state index contributed by atoms with van der Waals surface area (Å²) in [5.74, 6) is 0.967. The van der Waals surface area contributed by atoms with E-state index in [1.165, 1.54) is 11.1 Å². The number of hydrogen-bond acceptors (Lipinski definition) is 4. The fourth-order valence-corrected chi connectivity index (χ4v) is 3.69. The number of anilines is 1. The van der Waals surface area contributed by atoms with Gasteiger partial charge in [-0.15, -0.1) is 10.2 Å². The van der Waals surface area contributed by atoms with Crippen molar-refractivity contribution in [1.82, 2.24) is 15.1 Å². The molecule has 4 rings (SSSR count). The molecule has 1 amide bonds. The predicted molar refractivity (Wildman–Crippen MR) is 116 cm³/mol. The Morgan fingerprint density at radius 3 is 2.21 bits per heavy atom. The number of aryl methyl sites for hydroxylation is 3. The number of piperazine rings is 1. The van der Waals surface area contributed by atoms with Crippen LogP contribution in [0.4, 0.5) is 5.82 Å². The number of carbonyl (C=O) groups is 1. The Morgan fingerprint density at radius 2 is 1.55 bits per heavy atom. The van der Waals surface area contributed by atoms with E-state index in [4.69, 9.17) is 0 Å². The SMILES string of the molecule is Cc1ccc(C(=O)N2CCN(c3ccc(-c4ccccc4C)nn3)CC2)cc1C. The summed E-state index contributed by atoms with van der Waals surface area (Å²) in [6.07, 6.45) is 0. The highest BCUT2D eigenvalue weighted by Gasteiger charge is 2.23. The van der Waals surface area contributed by atoms with Crippen molar-refractivity contribution in [1.29, 1.82) is 0 Å². The van der Waals surface area contributed by atoms with Crippen molar-refractivity contribution >= 4 is 11.7 Å². The molecule has 0 saturated carbocycles. The smallest absolute Gasteiger partial charge is 0.253 e. The average Bonchev–Trinajstić information content (AvgIpc) is 2.76. The summed E-state index contributed by atoms with van der Waals surface area (Å²) < 4.78 is 0. The largest absolute Gasteiger partial charge is 0.352 e. The van der Waals surface area contributed by atoms with Crippen LogP contribution >= 0.6 is 0 Å². The van der Waals surface area contributed by atoms with Crippen molar-refractivity contribution < 1.29 is 4.79 Å². The normalized spacial score (nSPS) is 14.2. The van der Waals surface area contributed by atoms with E-state index >= 15 is 0 Å². The molecule has 1 saturated heterocycles. The molecule has 0 aliphatic carbocycles. The zero-order chi connectivity index (χ0) is 20.4. The van der Waals surface area contributed by atoms with Crippen LogP contribution in [0.5, 0.6) is 0 Å². The summed E-state index contributed by atoms with van der Waals surface area (Å²) in [6, 6.07) is 18.2. The molecule has 2 aromatic carbocycles. The minimum absolute atomic E-state index is 0.105. The lowest BCUT2D eigenvalue weighted by Crippen LogP contribution is -2.49. The van der Waals surface area contributed by atoms with Crippen LogP contribution in [0, 0.1) is 20.8 Å². The van der Waals surface area contributed by atoms with E-state index in [1.54, 1.807) is 0 Å². The highest BCUT2D eigenvalue weighted by Crippen LogP contribution is 2.22. The van der Waals surface area contributed by atoms with Crippen molar-refractivity contribution in [2.45, 2.75) is 20.8 Å². The highest BCUT2D eigenvalue weighted by molar-refractivity contribution is 5.94. The summed E-state index contributed by atoms with van der Waals surface area (Å²) in [5, 5.41) is 8.87. The van der Waals surface area contributed by atoms with E-state index in [2.05, 4.69) is 41.1 Å². The Labute approximate surface area is 172 Å². The van der Waals surface area contributed by atoms with E-state index in [1.807, 2.05) is 54.3 Å². The predicted octanol–water partition coefficient (Wildman–Crippen LogP) is 4.03. The highest BCUT2D eigenvalue weighted by atomic mass is 16.2. The molecule has 0 atom stereocenters. The molecule has 0 radical (unpaired) electrons. The lowest BCUT2D eigenvalue weighted by Gasteiger charge is -2.35. The van der Waals surface area contributed by atoms with Gasteiger partial charge in [-0.3, -0.25) is 4.79 Å². The van der Waals surface area contributed by atoms with Crippen LogP contribution in [0.25, 0.3) is 11.3 Å². The second-order valence-electron chi connectivity index (χ2n) is 7.67. The van der Waals surface area contributed by atoms with Gasteiger partial charge in [0.2, 0.25) is 0 Å². The minimum atomic E-state index is 0.105. The first-order chi connectivity index (χ1) is 14.0. The molecule has 0 unspecified atom stereocenters. The number of nitrogens with zero attached hydrogens (tertiary/aromatic N) is 4. The Morgan fingerprint density at radius 1 is 0.793 bits per heavy atom.